The van der Waals surface area contributed by atoms with Gasteiger partial charge in [0.2, 0.25) is 0 Å². The summed E-state index contributed by atoms with van der Waals surface area (Å²) in [6, 6.07) is 10.1. The molecule has 0 spiro atoms. The fraction of sp³-hybridized carbons (Fsp3) is 0.286. The van der Waals surface area contributed by atoms with Crippen LogP contribution in [-0.2, 0) is 0 Å². The number of rotatable bonds is 3. The Labute approximate surface area is 112 Å². The summed E-state index contributed by atoms with van der Waals surface area (Å²) >= 11 is 1.57. The van der Waals surface area contributed by atoms with Crippen molar-refractivity contribution in [3.05, 3.63) is 47.3 Å². The summed E-state index contributed by atoms with van der Waals surface area (Å²) < 4.78 is 0. The van der Waals surface area contributed by atoms with Crippen LogP contribution < -0.4 is 5.73 Å². The van der Waals surface area contributed by atoms with Gasteiger partial charge in [-0.05, 0) is 50.2 Å². The summed E-state index contributed by atoms with van der Waals surface area (Å²) in [6.45, 7) is 5.95. The Morgan fingerprint density at radius 2 is 1.72 bits per heavy atom. The minimum Gasteiger partial charge on any atom is -0.324 e. The summed E-state index contributed by atoms with van der Waals surface area (Å²) in [5.74, 6) is 0. The molecule has 0 saturated carbocycles. The number of hydrogen-bond acceptors (Lipinski definition) is 4. The van der Waals surface area contributed by atoms with Crippen LogP contribution in [0.1, 0.15) is 29.9 Å². The van der Waals surface area contributed by atoms with Gasteiger partial charge in [-0.25, -0.2) is 9.97 Å². The first-order valence-corrected chi connectivity index (χ1v) is 6.72. The Bertz CT molecular complexity index is 532. The summed E-state index contributed by atoms with van der Waals surface area (Å²) in [5, 5.41) is 0.778. The van der Waals surface area contributed by atoms with E-state index in [-0.39, 0.29) is 6.04 Å². The van der Waals surface area contributed by atoms with E-state index in [2.05, 4.69) is 22.1 Å². The smallest absolute Gasteiger partial charge is 0.192 e. The maximum atomic E-state index is 5.97. The van der Waals surface area contributed by atoms with E-state index >= 15 is 0 Å². The molecule has 4 heteroatoms. The fourth-order valence-corrected chi connectivity index (χ4v) is 2.88. The number of hydrogen-bond donors (Lipinski definition) is 1. The van der Waals surface area contributed by atoms with Crippen molar-refractivity contribution in [3.63, 3.8) is 0 Å². The number of benzene rings is 1. The van der Waals surface area contributed by atoms with Crippen molar-refractivity contribution in [2.75, 3.05) is 0 Å². The molecule has 1 aromatic heterocycles. The second kappa shape index (κ2) is 5.50. The van der Waals surface area contributed by atoms with E-state index in [1.54, 1.807) is 11.8 Å². The van der Waals surface area contributed by atoms with Gasteiger partial charge in [0.1, 0.15) is 0 Å². The second-order valence-electron chi connectivity index (χ2n) is 4.36. The predicted octanol–water partition coefficient (Wildman–Crippen LogP) is 3.26. The Morgan fingerprint density at radius 1 is 1.11 bits per heavy atom. The van der Waals surface area contributed by atoms with E-state index in [4.69, 9.17) is 5.73 Å². The largest absolute Gasteiger partial charge is 0.324 e. The third-order valence-electron chi connectivity index (χ3n) is 2.57. The highest BCUT2D eigenvalue weighted by Crippen LogP contribution is 2.30. The predicted molar refractivity (Wildman–Crippen MR) is 74.7 cm³/mol. The summed E-state index contributed by atoms with van der Waals surface area (Å²) in [7, 11) is 0. The first-order valence-electron chi connectivity index (χ1n) is 5.91. The zero-order chi connectivity index (χ0) is 13.1. The number of aromatic nitrogens is 2. The first kappa shape index (κ1) is 13.1. The third-order valence-corrected chi connectivity index (χ3v) is 3.53. The lowest BCUT2D eigenvalue weighted by Gasteiger charge is -2.11. The summed E-state index contributed by atoms with van der Waals surface area (Å²) in [4.78, 5) is 10.0. The standard InChI is InChI=1S/C14H17N3S/c1-9-8-10(2)17-14(16-9)18-13-7-5-4-6-12(13)11(3)15/h4-8,11H,15H2,1-3H3/t11-/m0/s1. The van der Waals surface area contributed by atoms with Gasteiger partial charge in [-0.1, -0.05) is 18.2 Å². The van der Waals surface area contributed by atoms with Crippen molar-refractivity contribution in [2.45, 2.75) is 36.9 Å². The zero-order valence-corrected chi connectivity index (χ0v) is 11.7. The highest BCUT2D eigenvalue weighted by Gasteiger charge is 2.09. The van der Waals surface area contributed by atoms with Crippen LogP contribution in [0, 0.1) is 13.8 Å². The maximum Gasteiger partial charge on any atom is 0.192 e. The second-order valence-corrected chi connectivity index (χ2v) is 5.37. The van der Waals surface area contributed by atoms with E-state index in [1.807, 2.05) is 39.0 Å². The molecule has 2 N–H and O–H groups in total. The highest BCUT2D eigenvalue weighted by atomic mass is 32.2. The zero-order valence-electron chi connectivity index (χ0n) is 10.8. The SMILES string of the molecule is Cc1cc(C)nc(Sc2ccccc2[C@H](C)N)n1. The Morgan fingerprint density at radius 3 is 2.33 bits per heavy atom. The molecule has 0 aliphatic carbocycles. The van der Waals surface area contributed by atoms with Gasteiger partial charge in [0.15, 0.2) is 5.16 Å². The average molecular weight is 259 g/mol. The molecule has 1 aromatic carbocycles. The van der Waals surface area contributed by atoms with Crippen molar-refractivity contribution < 1.29 is 0 Å². The van der Waals surface area contributed by atoms with Gasteiger partial charge in [0.25, 0.3) is 0 Å². The molecular weight excluding hydrogens is 242 g/mol. The molecule has 2 rings (SSSR count). The molecule has 1 atom stereocenters. The quantitative estimate of drug-likeness (QED) is 0.860. The Balaban J connectivity index is 2.34. The molecule has 18 heavy (non-hydrogen) atoms. The van der Waals surface area contributed by atoms with Crippen LogP contribution in [0.5, 0.6) is 0 Å². The molecular formula is C14H17N3S. The van der Waals surface area contributed by atoms with E-state index in [0.717, 1.165) is 27.0 Å². The van der Waals surface area contributed by atoms with E-state index in [1.165, 1.54) is 0 Å². The van der Waals surface area contributed by atoms with Crippen LogP contribution >= 0.6 is 11.8 Å². The molecule has 1 heterocycles. The van der Waals surface area contributed by atoms with Crippen molar-refractivity contribution in [3.8, 4) is 0 Å². The van der Waals surface area contributed by atoms with Gasteiger partial charge in [-0.15, -0.1) is 0 Å². The number of nitrogens with zero attached hydrogens (tertiary/aromatic N) is 2. The maximum absolute atomic E-state index is 5.97. The van der Waals surface area contributed by atoms with Crippen molar-refractivity contribution in [1.82, 2.24) is 9.97 Å². The third kappa shape index (κ3) is 3.09. The van der Waals surface area contributed by atoms with Gasteiger partial charge in [-0.3, -0.25) is 0 Å². The van der Waals surface area contributed by atoms with Gasteiger partial charge in [0.05, 0.1) is 0 Å². The molecule has 94 valence electrons. The monoisotopic (exact) mass is 259 g/mol. The number of aryl methyl sites for hydroxylation is 2. The molecule has 0 saturated heterocycles. The molecule has 0 fully saturated rings. The minimum absolute atomic E-state index is 0.0135. The van der Waals surface area contributed by atoms with Gasteiger partial charge in [0, 0.05) is 22.3 Å². The van der Waals surface area contributed by atoms with Crippen LogP contribution in [-0.4, -0.2) is 9.97 Å². The minimum atomic E-state index is 0.0135. The van der Waals surface area contributed by atoms with Crippen LogP contribution in [0.25, 0.3) is 0 Å². The van der Waals surface area contributed by atoms with E-state index in [9.17, 15) is 0 Å². The van der Waals surface area contributed by atoms with Crippen LogP contribution in [0.4, 0.5) is 0 Å². The lowest BCUT2D eigenvalue weighted by molar-refractivity contribution is 0.796. The molecule has 0 bridgehead atoms. The molecule has 0 radical (unpaired) electrons. The van der Waals surface area contributed by atoms with Crippen LogP contribution in [0.2, 0.25) is 0 Å². The topological polar surface area (TPSA) is 51.8 Å². The Kier molecular flexibility index (Phi) is 3.99. The average Bonchev–Trinajstić information content (AvgIpc) is 2.27. The number of nitrogens with two attached hydrogens (primary N) is 1. The molecule has 0 aliphatic rings. The van der Waals surface area contributed by atoms with Crippen LogP contribution in [0.3, 0.4) is 0 Å². The van der Waals surface area contributed by atoms with Gasteiger partial charge >= 0.3 is 0 Å². The normalized spacial score (nSPS) is 12.4. The van der Waals surface area contributed by atoms with E-state index in [0.29, 0.717) is 0 Å². The molecule has 2 aromatic rings. The molecule has 0 unspecified atom stereocenters. The van der Waals surface area contributed by atoms with Gasteiger partial charge in [-0.2, -0.15) is 0 Å². The first-order chi connectivity index (χ1) is 8.56. The molecule has 3 nitrogen and oxygen atoms in total. The van der Waals surface area contributed by atoms with Crippen LogP contribution in [0.15, 0.2) is 40.4 Å². The van der Waals surface area contributed by atoms with Crippen molar-refractivity contribution in [1.29, 1.82) is 0 Å². The van der Waals surface area contributed by atoms with E-state index < -0.39 is 0 Å². The Hall–Kier alpha value is -1.39. The lowest BCUT2D eigenvalue weighted by Crippen LogP contribution is -2.06. The van der Waals surface area contributed by atoms with Crippen molar-refractivity contribution in [2.24, 2.45) is 5.73 Å². The highest BCUT2D eigenvalue weighted by molar-refractivity contribution is 7.99. The molecule has 0 amide bonds. The fourth-order valence-electron chi connectivity index (χ4n) is 1.79. The van der Waals surface area contributed by atoms with Crippen molar-refractivity contribution >= 4 is 11.8 Å². The summed E-state index contributed by atoms with van der Waals surface area (Å²) in [5.41, 5.74) is 9.08. The summed E-state index contributed by atoms with van der Waals surface area (Å²) in [6.07, 6.45) is 0. The van der Waals surface area contributed by atoms with Gasteiger partial charge < -0.3 is 5.73 Å². The lowest BCUT2D eigenvalue weighted by atomic mass is 10.1. The molecule has 0 aliphatic heterocycles.